The standard InChI is InChI=1S/C21H30N4O3S/c1-4-22-19-13-12-18(29(27,28)25(2)3)15-20(19)24-16-21(26)23-14-8-11-17-9-6-5-7-10-17/h5-7,9-10,12-13,15,22,24H,4,8,11,14,16H2,1-3H3,(H,23,26). The minimum absolute atomic E-state index is 0.0647. The Kier molecular flexibility index (Phi) is 8.48. The molecule has 2 aromatic rings. The first-order chi connectivity index (χ1) is 13.8. The van der Waals surface area contributed by atoms with Crippen molar-refractivity contribution in [3.8, 4) is 0 Å². The predicted octanol–water partition coefficient (Wildman–Crippen LogP) is 2.53. The van der Waals surface area contributed by atoms with Crippen molar-refractivity contribution in [3.63, 3.8) is 0 Å². The van der Waals surface area contributed by atoms with Gasteiger partial charge in [0.1, 0.15) is 0 Å². The van der Waals surface area contributed by atoms with Crippen molar-refractivity contribution < 1.29 is 13.2 Å². The normalized spacial score (nSPS) is 11.3. The summed E-state index contributed by atoms with van der Waals surface area (Å²) in [4.78, 5) is 12.3. The summed E-state index contributed by atoms with van der Waals surface area (Å²) in [6.45, 7) is 3.29. The van der Waals surface area contributed by atoms with Gasteiger partial charge in [0.05, 0.1) is 22.8 Å². The molecule has 1 amide bonds. The molecule has 0 aromatic heterocycles. The van der Waals surface area contributed by atoms with Crippen LogP contribution in [0.2, 0.25) is 0 Å². The molecule has 8 heteroatoms. The summed E-state index contributed by atoms with van der Waals surface area (Å²) >= 11 is 0. The Morgan fingerprint density at radius 1 is 1.00 bits per heavy atom. The van der Waals surface area contributed by atoms with Gasteiger partial charge < -0.3 is 16.0 Å². The summed E-state index contributed by atoms with van der Waals surface area (Å²) in [7, 11) is -0.569. The molecule has 2 aromatic carbocycles. The number of aryl methyl sites for hydroxylation is 1. The SMILES string of the molecule is CCNc1ccc(S(=O)(=O)N(C)C)cc1NCC(=O)NCCCc1ccccc1. The Hall–Kier alpha value is -2.58. The largest absolute Gasteiger partial charge is 0.384 e. The van der Waals surface area contributed by atoms with Gasteiger partial charge in [0.15, 0.2) is 0 Å². The summed E-state index contributed by atoms with van der Waals surface area (Å²) in [5.74, 6) is -0.138. The molecule has 2 rings (SSSR count). The zero-order valence-corrected chi connectivity index (χ0v) is 18.1. The van der Waals surface area contributed by atoms with Crippen molar-refractivity contribution in [2.45, 2.75) is 24.7 Å². The molecule has 0 aliphatic carbocycles. The number of carbonyl (C=O) groups excluding carboxylic acids is 1. The van der Waals surface area contributed by atoms with Gasteiger partial charge in [-0.2, -0.15) is 0 Å². The molecule has 158 valence electrons. The Labute approximate surface area is 173 Å². The van der Waals surface area contributed by atoms with E-state index in [4.69, 9.17) is 0 Å². The number of benzene rings is 2. The van der Waals surface area contributed by atoms with Gasteiger partial charge in [-0.25, -0.2) is 12.7 Å². The molecular weight excluding hydrogens is 388 g/mol. The van der Waals surface area contributed by atoms with Crippen LogP contribution in [-0.2, 0) is 21.2 Å². The average molecular weight is 419 g/mol. The molecule has 0 saturated heterocycles. The molecule has 0 saturated carbocycles. The second kappa shape index (κ2) is 10.8. The van der Waals surface area contributed by atoms with Crippen LogP contribution in [-0.4, -0.2) is 52.4 Å². The molecule has 3 N–H and O–H groups in total. The number of rotatable bonds is 11. The molecule has 29 heavy (non-hydrogen) atoms. The molecule has 0 aliphatic heterocycles. The molecule has 0 spiro atoms. The van der Waals surface area contributed by atoms with E-state index in [1.165, 1.54) is 24.0 Å². The molecule has 7 nitrogen and oxygen atoms in total. The maximum atomic E-state index is 12.4. The van der Waals surface area contributed by atoms with Gasteiger partial charge in [0.25, 0.3) is 0 Å². The topological polar surface area (TPSA) is 90.5 Å². The first kappa shape index (κ1) is 22.7. The van der Waals surface area contributed by atoms with E-state index in [1.54, 1.807) is 18.2 Å². The number of sulfonamides is 1. The van der Waals surface area contributed by atoms with Crippen LogP contribution < -0.4 is 16.0 Å². The fourth-order valence-corrected chi connectivity index (χ4v) is 3.72. The molecule has 0 atom stereocenters. The van der Waals surface area contributed by atoms with E-state index in [1.807, 2.05) is 25.1 Å². The van der Waals surface area contributed by atoms with E-state index in [2.05, 4.69) is 28.1 Å². The number of anilines is 2. The summed E-state index contributed by atoms with van der Waals surface area (Å²) in [6, 6.07) is 14.9. The number of carbonyl (C=O) groups is 1. The third-order valence-electron chi connectivity index (χ3n) is 4.38. The molecule has 0 aliphatic rings. The van der Waals surface area contributed by atoms with E-state index in [-0.39, 0.29) is 17.3 Å². The van der Waals surface area contributed by atoms with Gasteiger partial charge in [-0.15, -0.1) is 0 Å². The minimum Gasteiger partial charge on any atom is -0.384 e. The summed E-state index contributed by atoms with van der Waals surface area (Å²) < 4.78 is 25.9. The van der Waals surface area contributed by atoms with Crippen LogP contribution in [0.25, 0.3) is 0 Å². The lowest BCUT2D eigenvalue weighted by atomic mass is 10.1. The van der Waals surface area contributed by atoms with Gasteiger partial charge in [-0.3, -0.25) is 4.79 Å². The summed E-state index contributed by atoms with van der Waals surface area (Å²) in [5, 5.41) is 9.12. The lowest BCUT2D eigenvalue weighted by Crippen LogP contribution is -2.31. The monoisotopic (exact) mass is 418 g/mol. The number of amides is 1. The molecule has 0 bridgehead atoms. The molecule has 0 radical (unpaired) electrons. The Morgan fingerprint density at radius 3 is 2.38 bits per heavy atom. The van der Waals surface area contributed by atoms with Crippen LogP contribution in [0.4, 0.5) is 11.4 Å². The van der Waals surface area contributed by atoms with Crippen molar-refractivity contribution in [1.29, 1.82) is 0 Å². The first-order valence-corrected chi connectivity index (χ1v) is 11.1. The first-order valence-electron chi connectivity index (χ1n) is 9.69. The van der Waals surface area contributed by atoms with Crippen molar-refractivity contribution in [3.05, 3.63) is 54.1 Å². The van der Waals surface area contributed by atoms with Crippen molar-refractivity contribution in [2.24, 2.45) is 0 Å². The summed E-state index contributed by atoms with van der Waals surface area (Å²) in [6.07, 6.45) is 1.76. The van der Waals surface area contributed by atoms with Gasteiger partial charge in [-0.1, -0.05) is 30.3 Å². The number of nitrogens with one attached hydrogen (secondary N) is 3. The molecule has 0 heterocycles. The van der Waals surface area contributed by atoms with E-state index in [0.717, 1.165) is 18.5 Å². The highest BCUT2D eigenvalue weighted by Gasteiger charge is 2.19. The fraction of sp³-hybridized carbons (Fsp3) is 0.381. The fourth-order valence-electron chi connectivity index (χ4n) is 2.79. The van der Waals surface area contributed by atoms with Gasteiger partial charge in [0.2, 0.25) is 15.9 Å². The molecule has 0 fully saturated rings. The van der Waals surface area contributed by atoms with Crippen LogP contribution in [0.15, 0.2) is 53.4 Å². The van der Waals surface area contributed by atoms with Gasteiger partial charge in [-0.05, 0) is 43.5 Å². The second-order valence-corrected chi connectivity index (χ2v) is 8.97. The number of nitrogens with zero attached hydrogens (tertiary/aromatic N) is 1. The third kappa shape index (κ3) is 6.76. The van der Waals surface area contributed by atoms with Crippen LogP contribution in [0.5, 0.6) is 0 Å². The van der Waals surface area contributed by atoms with Crippen LogP contribution in [0, 0.1) is 0 Å². The highest BCUT2D eigenvalue weighted by molar-refractivity contribution is 7.89. The highest BCUT2D eigenvalue weighted by Crippen LogP contribution is 2.26. The maximum absolute atomic E-state index is 12.4. The van der Waals surface area contributed by atoms with Gasteiger partial charge >= 0.3 is 0 Å². The quantitative estimate of drug-likeness (QED) is 0.488. The van der Waals surface area contributed by atoms with Gasteiger partial charge in [0, 0.05) is 27.2 Å². The Bertz CT molecular complexity index is 899. The Morgan fingerprint density at radius 2 is 1.72 bits per heavy atom. The van der Waals surface area contributed by atoms with Crippen LogP contribution in [0.1, 0.15) is 18.9 Å². The van der Waals surface area contributed by atoms with E-state index >= 15 is 0 Å². The predicted molar refractivity (Wildman–Crippen MR) is 118 cm³/mol. The minimum atomic E-state index is -3.55. The molecule has 0 unspecified atom stereocenters. The third-order valence-corrected chi connectivity index (χ3v) is 6.19. The van der Waals surface area contributed by atoms with Crippen molar-refractivity contribution in [2.75, 3.05) is 44.4 Å². The van der Waals surface area contributed by atoms with Crippen LogP contribution in [0.3, 0.4) is 0 Å². The maximum Gasteiger partial charge on any atom is 0.242 e. The highest BCUT2D eigenvalue weighted by atomic mass is 32.2. The summed E-state index contributed by atoms with van der Waals surface area (Å²) in [5.41, 5.74) is 2.57. The lowest BCUT2D eigenvalue weighted by Gasteiger charge is -2.17. The number of hydrogen-bond donors (Lipinski definition) is 3. The van der Waals surface area contributed by atoms with E-state index < -0.39 is 10.0 Å². The Balaban J connectivity index is 1.92. The van der Waals surface area contributed by atoms with Crippen molar-refractivity contribution in [1.82, 2.24) is 9.62 Å². The second-order valence-electron chi connectivity index (χ2n) is 6.82. The molecular formula is C21H30N4O3S. The average Bonchev–Trinajstić information content (AvgIpc) is 2.71. The number of hydrogen-bond acceptors (Lipinski definition) is 5. The van der Waals surface area contributed by atoms with Crippen molar-refractivity contribution >= 4 is 27.3 Å². The zero-order valence-electron chi connectivity index (χ0n) is 17.2. The lowest BCUT2D eigenvalue weighted by molar-refractivity contribution is -0.119. The smallest absolute Gasteiger partial charge is 0.242 e. The van der Waals surface area contributed by atoms with Crippen LogP contribution >= 0.6 is 0 Å². The van der Waals surface area contributed by atoms with E-state index in [9.17, 15) is 13.2 Å². The van der Waals surface area contributed by atoms with E-state index in [0.29, 0.717) is 18.8 Å². The zero-order chi connectivity index (χ0) is 21.3.